The number of carbonyl (C=O) groups is 1. The first-order valence-electron chi connectivity index (χ1n) is 8.41. The fraction of sp³-hybridized carbons (Fsp3) is 0.316. The number of Topliss-reactive ketones (excluding diaryl/α,β-unsaturated/α-hetero) is 1. The van der Waals surface area contributed by atoms with E-state index < -0.39 is 16.1 Å². The molecule has 0 fully saturated rings. The number of nitrogens with zero attached hydrogens (tertiary/aromatic N) is 1. The molecular weight excluding hydrogens is 354 g/mol. The number of para-hydroxylation sites is 2. The van der Waals surface area contributed by atoms with Gasteiger partial charge in [0.05, 0.1) is 11.4 Å². The Bertz CT molecular complexity index is 892. The van der Waals surface area contributed by atoms with Crippen LogP contribution in [0, 0.1) is 0 Å². The number of likely N-dealkylation sites (N-methyl/N-ethyl adjacent to an activating group) is 1. The molecular formula is C19H21NO5S. The van der Waals surface area contributed by atoms with Crippen LogP contribution in [0.15, 0.2) is 53.4 Å². The van der Waals surface area contributed by atoms with Gasteiger partial charge in [0.25, 0.3) is 0 Å². The molecule has 0 aromatic heterocycles. The minimum Gasteiger partial charge on any atom is -0.486 e. The Morgan fingerprint density at radius 3 is 2.38 bits per heavy atom. The molecule has 1 aliphatic heterocycles. The van der Waals surface area contributed by atoms with E-state index in [1.165, 1.54) is 35.5 Å². The maximum atomic E-state index is 12.9. The fourth-order valence-electron chi connectivity index (χ4n) is 2.79. The molecule has 6 nitrogen and oxygen atoms in total. The summed E-state index contributed by atoms with van der Waals surface area (Å²) >= 11 is 0. The van der Waals surface area contributed by atoms with E-state index in [2.05, 4.69) is 0 Å². The molecule has 7 heteroatoms. The third kappa shape index (κ3) is 3.73. The smallest absolute Gasteiger partial charge is 0.243 e. The Hall–Kier alpha value is -2.38. The first-order chi connectivity index (χ1) is 12.4. The number of hydrogen-bond acceptors (Lipinski definition) is 5. The molecule has 0 N–H and O–H groups in total. The summed E-state index contributed by atoms with van der Waals surface area (Å²) in [6.07, 6.45) is -0.392. The number of rotatable bonds is 6. The first kappa shape index (κ1) is 18.4. The van der Waals surface area contributed by atoms with Crippen molar-refractivity contribution in [3.05, 3.63) is 54.1 Å². The van der Waals surface area contributed by atoms with Gasteiger partial charge in [0.2, 0.25) is 10.0 Å². The van der Waals surface area contributed by atoms with E-state index in [1.807, 2.05) is 18.2 Å². The Labute approximate surface area is 153 Å². The summed E-state index contributed by atoms with van der Waals surface area (Å²) in [5, 5.41) is 0. The molecule has 26 heavy (non-hydrogen) atoms. The highest BCUT2D eigenvalue weighted by atomic mass is 32.2. The standard InChI is InChI=1S/C19H21NO5S/c1-3-20(12-16-13-24-18-6-4-5-7-19(18)25-16)26(22,23)17-10-8-15(9-11-17)14(2)21/h4-11,16H,3,12-13H2,1-2H3/t16-/m0/s1. The van der Waals surface area contributed by atoms with Crippen LogP contribution in [0.25, 0.3) is 0 Å². The Balaban J connectivity index is 1.76. The van der Waals surface area contributed by atoms with Gasteiger partial charge in [-0.15, -0.1) is 0 Å². The van der Waals surface area contributed by atoms with E-state index >= 15 is 0 Å². The van der Waals surface area contributed by atoms with Gasteiger partial charge >= 0.3 is 0 Å². The maximum absolute atomic E-state index is 12.9. The van der Waals surface area contributed by atoms with E-state index in [0.717, 1.165) is 0 Å². The average Bonchev–Trinajstić information content (AvgIpc) is 2.65. The van der Waals surface area contributed by atoms with E-state index in [4.69, 9.17) is 9.47 Å². The lowest BCUT2D eigenvalue weighted by Crippen LogP contribution is -2.43. The molecule has 0 saturated heterocycles. The zero-order valence-electron chi connectivity index (χ0n) is 14.7. The Kier molecular flexibility index (Phi) is 5.29. The fourth-order valence-corrected chi connectivity index (χ4v) is 4.27. The lowest BCUT2D eigenvalue weighted by atomic mass is 10.2. The second kappa shape index (κ2) is 7.47. The van der Waals surface area contributed by atoms with E-state index in [0.29, 0.717) is 23.6 Å². The first-order valence-corrected chi connectivity index (χ1v) is 9.85. The second-order valence-corrected chi connectivity index (χ2v) is 7.97. The molecule has 1 atom stereocenters. The van der Waals surface area contributed by atoms with E-state index in [1.54, 1.807) is 13.0 Å². The van der Waals surface area contributed by atoms with Crippen LogP contribution in [0.2, 0.25) is 0 Å². The van der Waals surface area contributed by atoms with Gasteiger partial charge in [-0.05, 0) is 31.2 Å². The summed E-state index contributed by atoms with van der Waals surface area (Å²) in [7, 11) is -3.68. The number of hydrogen-bond donors (Lipinski definition) is 0. The van der Waals surface area contributed by atoms with Gasteiger partial charge in [0.15, 0.2) is 17.3 Å². The zero-order valence-corrected chi connectivity index (χ0v) is 15.5. The van der Waals surface area contributed by atoms with Crippen molar-refractivity contribution < 1.29 is 22.7 Å². The van der Waals surface area contributed by atoms with Crippen LogP contribution in [0.3, 0.4) is 0 Å². The second-order valence-electron chi connectivity index (χ2n) is 6.03. The summed E-state index contributed by atoms with van der Waals surface area (Å²) in [6.45, 7) is 3.99. The number of ether oxygens (including phenoxy) is 2. The summed E-state index contributed by atoms with van der Waals surface area (Å²) in [5.74, 6) is 1.17. The summed E-state index contributed by atoms with van der Waals surface area (Å²) in [5.41, 5.74) is 0.479. The quantitative estimate of drug-likeness (QED) is 0.726. The van der Waals surface area contributed by atoms with Crippen LogP contribution < -0.4 is 9.47 Å². The summed E-state index contributed by atoms with van der Waals surface area (Å²) < 4.78 is 38.7. The molecule has 0 aliphatic carbocycles. The highest BCUT2D eigenvalue weighted by molar-refractivity contribution is 7.89. The minimum absolute atomic E-state index is 0.104. The van der Waals surface area contributed by atoms with Crippen LogP contribution in [0.1, 0.15) is 24.2 Å². The lowest BCUT2D eigenvalue weighted by molar-refractivity contribution is 0.0771. The van der Waals surface area contributed by atoms with Crippen LogP contribution in [-0.4, -0.2) is 44.3 Å². The Morgan fingerprint density at radius 2 is 1.77 bits per heavy atom. The topological polar surface area (TPSA) is 72.9 Å². The molecule has 3 rings (SSSR count). The van der Waals surface area contributed by atoms with E-state index in [-0.39, 0.29) is 23.8 Å². The molecule has 0 amide bonds. The molecule has 1 aliphatic rings. The van der Waals surface area contributed by atoms with Crippen molar-refractivity contribution in [2.24, 2.45) is 0 Å². The molecule has 2 aromatic rings. The molecule has 0 saturated carbocycles. The van der Waals surface area contributed by atoms with Gasteiger partial charge in [0.1, 0.15) is 12.7 Å². The van der Waals surface area contributed by atoms with Gasteiger partial charge in [-0.3, -0.25) is 4.79 Å². The molecule has 138 valence electrons. The predicted octanol–water partition coefficient (Wildman–Crippen LogP) is 2.74. The Morgan fingerprint density at radius 1 is 1.12 bits per heavy atom. The molecule has 0 radical (unpaired) electrons. The number of ketones is 1. The average molecular weight is 375 g/mol. The van der Waals surface area contributed by atoms with Crippen LogP contribution in [0.4, 0.5) is 0 Å². The molecule has 0 bridgehead atoms. The molecule has 0 unspecified atom stereocenters. The number of sulfonamides is 1. The molecule has 1 heterocycles. The molecule has 2 aromatic carbocycles. The summed E-state index contributed by atoms with van der Waals surface area (Å²) in [4.78, 5) is 11.5. The highest BCUT2D eigenvalue weighted by Gasteiger charge is 2.29. The number of fused-ring (bicyclic) bond motifs is 1. The number of carbonyl (C=O) groups excluding carboxylic acids is 1. The third-order valence-electron chi connectivity index (χ3n) is 4.23. The third-order valence-corrected chi connectivity index (χ3v) is 6.18. The number of benzene rings is 2. The van der Waals surface area contributed by atoms with Crippen LogP contribution in [0.5, 0.6) is 11.5 Å². The van der Waals surface area contributed by atoms with Crippen molar-refractivity contribution in [2.75, 3.05) is 19.7 Å². The van der Waals surface area contributed by atoms with Gasteiger partial charge in [-0.2, -0.15) is 4.31 Å². The normalized spacial score (nSPS) is 16.5. The van der Waals surface area contributed by atoms with Crippen molar-refractivity contribution in [3.8, 4) is 11.5 Å². The lowest BCUT2D eigenvalue weighted by Gasteiger charge is -2.30. The van der Waals surface area contributed by atoms with E-state index in [9.17, 15) is 13.2 Å². The van der Waals surface area contributed by atoms with Crippen molar-refractivity contribution in [1.82, 2.24) is 4.31 Å². The zero-order chi connectivity index (χ0) is 18.7. The van der Waals surface area contributed by atoms with Gasteiger partial charge in [-0.1, -0.05) is 31.2 Å². The van der Waals surface area contributed by atoms with Crippen molar-refractivity contribution in [3.63, 3.8) is 0 Å². The van der Waals surface area contributed by atoms with Crippen molar-refractivity contribution in [1.29, 1.82) is 0 Å². The van der Waals surface area contributed by atoms with Crippen molar-refractivity contribution in [2.45, 2.75) is 24.8 Å². The highest BCUT2D eigenvalue weighted by Crippen LogP contribution is 2.31. The van der Waals surface area contributed by atoms with Crippen LogP contribution in [-0.2, 0) is 10.0 Å². The minimum atomic E-state index is -3.68. The maximum Gasteiger partial charge on any atom is 0.243 e. The molecule has 0 spiro atoms. The predicted molar refractivity (Wildman–Crippen MR) is 97.2 cm³/mol. The monoisotopic (exact) mass is 375 g/mol. The van der Waals surface area contributed by atoms with Crippen LogP contribution >= 0.6 is 0 Å². The van der Waals surface area contributed by atoms with Gasteiger partial charge < -0.3 is 9.47 Å². The van der Waals surface area contributed by atoms with Gasteiger partial charge in [-0.25, -0.2) is 8.42 Å². The SMILES string of the molecule is CCN(C[C@H]1COc2ccccc2O1)S(=O)(=O)c1ccc(C(C)=O)cc1. The van der Waals surface area contributed by atoms with Gasteiger partial charge in [0, 0.05) is 12.1 Å². The largest absolute Gasteiger partial charge is 0.486 e. The van der Waals surface area contributed by atoms with Crippen molar-refractivity contribution >= 4 is 15.8 Å². The summed E-state index contributed by atoms with van der Waals surface area (Å²) in [6, 6.07) is 13.3.